The third-order valence-corrected chi connectivity index (χ3v) is 2.71. The van der Waals surface area contributed by atoms with Gasteiger partial charge in [-0.1, -0.05) is 0 Å². The Kier molecular flexibility index (Phi) is 7.92. The smallest absolute Gasteiger partial charge is 0.329 e. The number of carbonyl (C=O) groups excluding carboxylic acids is 3. The zero-order valence-corrected chi connectivity index (χ0v) is 13.3. The van der Waals surface area contributed by atoms with Gasteiger partial charge in [0.25, 0.3) is 0 Å². The largest absolute Gasteiger partial charge is 0.545 e. The van der Waals surface area contributed by atoms with E-state index in [1.807, 2.05) is 5.43 Å². The summed E-state index contributed by atoms with van der Waals surface area (Å²) in [5, 5.41) is 16.8. The van der Waals surface area contributed by atoms with E-state index in [2.05, 4.69) is 10.4 Å². The monoisotopic (exact) mass is 336 g/mol. The summed E-state index contributed by atoms with van der Waals surface area (Å²) in [5.41, 5.74) is 2.29. The van der Waals surface area contributed by atoms with E-state index in [0.717, 1.165) is 0 Å². The number of aromatic carboxylic acids is 1. The zero-order chi connectivity index (χ0) is 17.9. The van der Waals surface area contributed by atoms with Crippen LogP contribution in [0.15, 0.2) is 23.3 Å². The van der Waals surface area contributed by atoms with Gasteiger partial charge in [0.05, 0.1) is 25.4 Å². The second-order valence-corrected chi connectivity index (χ2v) is 4.42. The molecule has 130 valence electrons. The fraction of sp³-hybridized carbons (Fsp3) is 0.333. The highest BCUT2D eigenvalue weighted by Gasteiger charge is 2.11. The van der Waals surface area contributed by atoms with E-state index >= 15 is 0 Å². The molecule has 24 heavy (non-hydrogen) atoms. The molecule has 0 aliphatic heterocycles. The Bertz CT molecular complexity index is 630. The molecule has 0 radical (unpaired) electrons. The van der Waals surface area contributed by atoms with Gasteiger partial charge in [-0.05, 0) is 30.7 Å². The Morgan fingerprint density at radius 2 is 2.04 bits per heavy atom. The Balaban J connectivity index is 2.74. The number of benzene rings is 1. The molecular weight excluding hydrogens is 318 g/mol. The highest BCUT2D eigenvalue weighted by molar-refractivity contribution is 6.35. The molecule has 0 saturated heterocycles. The first kappa shape index (κ1) is 19.1. The summed E-state index contributed by atoms with van der Waals surface area (Å²) in [5.74, 6) is -2.80. The van der Waals surface area contributed by atoms with Crippen molar-refractivity contribution in [1.82, 2.24) is 10.7 Å². The van der Waals surface area contributed by atoms with E-state index in [0.29, 0.717) is 17.9 Å². The summed E-state index contributed by atoms with van der Waals surface area (Å²) in [4.78, 5) is 33.8. The number of amides is 2. The summed E-state index contributed by atoms with van der Waals surface area (Å²) >= 11 is 0. The van der Waals surface area contributed by atoms with Crippen LogP contribution in [0.25, 0.3) is 0 Å². The molecule has 1 rings (SSSR count). The third-order valence-electron chi connectivity index (χ3n) is 2.71. The topological polar surface area (TPSA) is 129 Å². The number of hydrogen-bond acceptors (Lipinski definition) is 7. The van der Waals surface area contributed by atoms with Crippen LogP contribution in [-0.2, 0) is 14.3 Å². The van der Waals surface area contributed by atoms with Crippen molar-refractivity contribution in [3.63, 3.8) is 0 Å². The molecule has 0 atom stereocenters. The molecule has 0 aliphatic carbocycles. The molecule has 1 aromatic rings. The minimum Gasteiger partial charge on any atom is -0.545 e. The molecule has 2 N–H and O–H groups in total. The number of carbonyl (C=O) groups is 3. The van der Waals surface area contributed by atoms with Gasteiger partial charge in [0.2, 0.25) is 0 Å². The Morgan fingerprint density at radius 1 is 1.29 bits per heavy atom. The number of ether oxygens (including phenoxy) is 2. The molecular formula is C15H18N3O6-. The van der Waals surface area contributed by atoms with Crippen molar-refractivity contribution in [2.75, 3.05) is 26.9 Å². The van der Waals surface area contributed by atoms with Gasteiger partial charge in [0.15, 0.2) is 0 Å². The Labute approximate surface area is 138 Å². The average molecular weight is 336 g/mol. The van der Waals surface area contributed by atoms with Crippen molar-refractivity contribution in [2.45, 2.75) is 6.92 Å². The summed E-state index contributed by atoms with van der Waals surface area (Å²) in [6.45, 7) is 2.59. The highest BCUT2D eigenvalue weighted by atomic mass is 16.5. The number of carboxylic acid groups (broad SMARTS) is 1. The number of carboxylic acids is 1. The second kappa shape index (κ2) is 9.95. The lowest BCUT2D eigenvalue weighted by Crippen LogP contribution is -2.39. The van der Waals surface area contributed by atoms with Crippen LogP contribution in [0.1, 0.15) is 22.8 Å². The van der Waals surface area contributed by atoms with Crippen LogP contribution in [0.5, 0.6) is 5.75 Å². The molecule has 0 spiro atoms. The molecule has 0 bridgehead atoms. The molecule has 0 unspecified atom stereocenters. The van der Waals surface area contributed by atoms with E-state index in [4.69, 9.17) is 9.47 Å². The minimum atomic E-state index is -1.35. The van der Waals surface area contributed by atoms with Crippen molar-refractivity contribution < 1.29 is 29.0 Å². The lowest BCUT2D eigenvalue weighted by atomic mass is 10.1. The lowest BCUT2D eigenvalue weighted by molar-refractivity contribution is -0.255. The van der Waals surface area contributed by atoms with E-state index in [-0.39, 0.29) is 18.7 Å². The maximum Gasteiger partial charge on any atom is 0.329 e. The quantitative estimate of drug-likeness (QED) is 0.262. The van der Waals surface area contributed by atoms with Crippen molar-refractivity contribution in [3.05, 3.63) is 29.3 Å². The van der Waals surface area contributed by atoms with Crippen molar-refractivity contribution >= 4 is 24.0 Å². The number of nitrogens with zero attached hydrogens (tertiary/aromatic N) is 1. The maximum absolute atomic E-state index is 11.5. The number of nitrogens with one attached hydrogen (secondary N) is 2. The first-order valence-electron chi connectivity index (χ1n) is 7.08. The van der Waals surface area contributed by atoms with Gasteiger partial charge in [0.1, 0.15) is 5.75 Å². The summed E-state index contributed by atoms with van der Waals surface area (Å²) in [6.07, 6.45) is 1.18. The lowest BCUT2D eigenvalue weighted by Gasteiger charge is -2.09. The van der Waals surface area contributed by atoms with Crippen molar-refractivity contribution in [3.8, 4) is 5.75 Å². The highest BCUT2D eigenvalue weighted by Crippen LogP contribution is 2.18. The van der Waals surface area contributed by atoms with Crippen LogP contribution < -0.4 is 20.6 Å². The summed E-state index contributed by atoms with van der Waals surface area (Å²) in [7, 11) is 1.47. The van der Waals surface area contributed by atoms with E-state index in [9.17, 15) is 19.5 Å². The molecule has 9 heteroatoms. The fourth-order valence-electron chi connectivity index (χ4n) is 1.62. The first-order valence-corrected chi connectivity index (χ1v) is 7.08. The van der Waals surface area contributed by atoms with E-state index in [1.54, 1.807) is 6.92 Å². The van der Waals surface area contributed by atoms with Crippen molar-refractivity contribution in [1.29, 1.82) is 0 Å². The van der Waals surface area contributed by atoms with Gasteiger partial charge >= 0.3 is 11.8 Å². The molecule has 0 saturated carbocycles. The van der Waals surface area contributed by atoms with E-state index < -0.39 is 17.8 Å². The van der Waals surface area contributed by atoms with Crippen LogP contribution in [0.4, 0.5) is 0 Å². The zero-order valence-electron chi connectivity index (χ0n) is 13.3. The molecule has 1 aromatic carbocycles. The molecule has 0 fully saturated rings. The molecule has 2 amide bonds. The van der Waals surface area contributed by atoms with Crippen LogP contribution in [-0.4, -0.2) is 50.9 Å². The normalized spacial score (nSPS) is 10.4. The van der Waals surface area contributed by atoms with Crippen LogP contribution in [0.2, 0.25) is 0 Å². The van der Waals surface area contributed by atoms with Gasteiger partial charge < -0.3 is 24.7 Å². The summed E-state index contributed by atoms with van der Waals surface area (Å²) in [6, 6.07) is 4.07. The predicted octanol–water partition coefficient (Wildman–Crippen LogP) is -1.34. The van der Waals surface area contributed by atoms with Gasteiger partial charge in [-0.2, -0.15) is 5.10 Å². The van der Waals surface area contributed by atoms with Crippen LogP contribution in [0, 0.1) is 0 Å². The molecule has 9 nitrogen and oxygen atoms in total. The van der Waals surface area contributed by atoms with Gasteiger partial charge in [-0.25, -0.2) is 5.43 Å². The van der Waals surface area contributed by atoms with Gasteiger partial charge in [-0.3, -0.25) is 9.59 Å². The average Bonchev–Trinajstić information content (AvgIpc) is 2.56. The van der Waals surface area contributed by atoms with E-state index in [1.165, 1.54) is 31.5 Å². The molecule has 0 heterocycles. The first-order chi connectivity index (χ1) is 11.5. The number of hydrazone groups is 1. The number of rotatable bonds is 8. The Hall–Kier alpha value is -2.94. The molecule has 0 aliphatic rings. The summed E-state index contributed by atoms with van der Waals surface area (Å²) < 4.78 is 10.1. The number of hydrogen-bond donors (Lipinski definition) is 2. The standard InChI is InChI=1S/C15H19N3O6/c1-3-24-12-5-4-10(15(21)22)8-11(12)9-17-18-14(20)13(19)16-6-7-23-2/h4-5,8-9H,3,6-7H2,1-2H3,(H,16,19)(H,18,20)(H,21,22)/p-1/b17-9-. The van der Waals surface area contributed by atoms with Crippen LogP contribution in [0.3, 0.4) is 0 Å². The van der Waals surface area contributed by atoms with Gasteiger partial charge in [-0.15, -0.1) is 0 Å². The second-order valence-electron chi connectivity index (χ2n) is 4.42. The van der Waals surface area contributed by atoms with Gasteiger partial charge in [0, 0.05) is 19.2 Å². The molecule has 0 aromatic heterocycles. The van der Waals surface area contributed by atoms with Crippen LogP contribution >= 0.6 is 0 Å². The fourth-order valence-corrected chi connectivity index (χ4v) is 1.62. The SMILES string of the molecule is CCOc1ccc(C(=O)[O-])cc1/C=N\NC(=O)C(=O)NCCOC. The van der Waals surface area contributed by atoms with Crippen molar-refractivity contribution in [2.24, 2.45) is 5.10 Å². The maximum atomic E-state index is 11.5. The third kappa shape index (κ3) is 6.05. The number of methoxy groups -OCH3 is 1. The Morgan fingerprint density at radius 3 is 2.67 bits per heavy atom. The minimum absolute atomic E-state index is 0.0662. The predicted molar refractivity (Wildman–Crippen MR) is 82.6 cm³/mol.